The summed E-state index contributed by atoms with van der Waals surface area (Å²) < 4.78 is 0. The van der Waals surface area contributed by atoms with E-state index >= 15 is 0 Å². The van der Waals surface area contributed by atoms with Gasteiger partial charge in [-0.05, 0) is 93.0 Å². The first kappa shape index (κ1) is 17.9. The number of hydrogen-bond donors (Lipinski definition) is 1. The molecule has 0 amide bonds. The number of unbranched alkanes of at least 4 members (excludes halogenated alkanes) is 1. The van der Waals surface area contributed by atoms with Gasteiger partial charge >= 0.3 is 0 Å². The molecule has 0 bridgehead atoms. The van der Waals surface area contributed by atoms with Gasteiger partial charge in [0.05, 0.1) is 0 Å². The summed E-state index contributed by atoms with van der Waals surface area (Å²) in [6, 6.07) is 0.676. The first-order valence-corrected chi connectivity index (χ1v) is 8.45. The summed E-state index contributed by atoms with van der Waals surface area (Å²) in [6.45, 7) is 17.6. The molecule has 0 aromatic carbocycles. The van der Waals surface area contributed by atoms with Crippen molar-refractivity contribution in [3.05, 3.63) is 0 Å². The van der Waals surface area contributed by atoms with Crippen molar-refractivity contribution in [1.82, 2.24) is 15.1 Å². The number of nitrogens with one attached hydrogen (secondary N) is 1. The molecule has 1 atom stereocenters. The van der Waals surface area contributed by atoms with Crippen molar-refractivity contribution in [2.24, 2.45) is 5.92 Å². The fraction of sp³-hybridized carbons (Fsp3) is 1.00. The first-order valence-electron chi connectivity index (χ1n) is 8.45. The van der Waals surface area contributed by atoms with Crippen molar-refractivity contribution < 1.29 is 0 Å². The lowest BCUT2D eigenvalue weighted by molar-refractivity contribution is 0.253. The molecule has 0 aliphatic carbocycles. The summed E-state index contributed by atoms with van der Waals surface area (Å²) in [6.07, 6.45) is 4.04. The van der Waals surface area contributed by atoms with E-state index in [9.17, 15) is 0 Å². The smallest absolute Gasteiger partial charge is 0.00966 e. The van der Waals surface area contributed by atoms with Gasteiger partial charge in [-0.25, -0.2) is 0 Å². The molecule has 3 heteroatoms. The number of likely N-dealkylation sites (tertiary alicyclic amines) is 1. The van der Waals surface area contributed by atoms with Crippen molar-refractivity contribution in [3.8, 4) is 0 Å². The topological polar surface area (TPSA) is 18.5 Å². The van der Waals surface area contributed by atoms with Gasteiger partial charge in [0.25, 0.3) is 0 Å². The van der Waals surface area contributed by atoms with Crippen LogP contribution in [0.5, 0.6) is 0 Å². The van der Waals surface area contributed by atoms with Crippen molar-refractivity contribution in [1.29, 1.82) is 0 Å². The second-order valence-electron chi connectivity index (χ2n) is 7.87. The molecule has 1 aliphatic heterocycles. The Morgan fingerprint density at radius 2 is 1.95 bits per heavy atom. The molecule has 120 valence electrons. The minimum absolute atomic E-state index is 0.259. The van der Waals surface area contributed by atoms with Gasteiger partial charge in [0.2, 0.25) is 0 Å². The van der Waals surface area contributed by atoms with Crippen molar-refractivity contribution in [2.75, 3.05) is 39.8 Å². The minimum atomic E-state index is 0.259. The molecule has 1 N–H and O–H groups in total. The molecule has 0 radical (unpaired) electrons. The third kappa shape index (κ3) is 7.61. The normalized spacial score (nSPS) is 21.3. The summed E-state index contributed by atoms with van der Waals surface area (Å²) >= 11 is 0. The lowest BCUT2D eigenvalue weighted by Gasteiger charge is -2.24. The molecule has 3 nitrogen and oxygen atoms in total. The van der Waals surface area contributed by atoms with E-state index in [0.29, 0.717) is 6.04 Å². The summed E-state index contributed by atoms with van der Waals surface area (Å²) in [4.78, 5) is 5.10. The molecule has 1 fully saturated rings. The summed E-state index contributed by atoms with van der Waals surface area (Å²) in [7, 11) is 2.23. The van der Waals surface area contributed by atoms with E-state index in [1.54, 1.807) is 0 Å². The van der Waals surface area contributed by atoms with Crippen LogP contribution in [0, 0.1) is 5.92 Å². The molecule has 1 saturated heterocycles. The van der Waals surface area contributed by atoms with Gasteiger partial charge in [-0.15, -0.1) is 0 Å². The van der Waals surface area contributed by atoms with E-state index in [4.69, 9.17) is 0 Å². The van der Waals surface area contributed by atoms with Crippen LogP contribution in [0.2, 0.25) is 0 Å². The van der Waals surface area contributed by atoms with E-state index in [-0.39, 0.29) is 5.54 Å². The number of hydrogen-bond acceptors (Lipinski definition) is 3. The zero-order chi connectivity index (χ0) is 15.2. The van der Waals surface area contributed by atoms with Crippen LogP contribution >= 0.6 is 0 Å². The quantitative estimate of drug-likeness (QED) is 0.691. The molecule has 1 heterocycles. The van der Waals surface area contributed by atoms with Crippen LogP contribution in [-0.4, -0.2) is 61.2 Å². The molecule has 1 aliphatic rings. The molecule has 20 heavy (non-hydrogen) atoms. The lowest BCUT2D eigenvalue weighted by atomic mass is 10.1. The van der Waals surface area contributed by atoms with Crippen LogP contribution in [0.15, 0.2) is 0 Å². The van der Waals surface area contributed by atoms with Gasteiger partial charge < -0.3 is 15.1 Å². The molecule has 0 aromatic heterocycles. The minimum Gasteiger partial charge on any atom is -0.312 e. The maximum atomic E-state index is 3.65. The number of rotatable bonds is 8. The molecule has 0 aromatic rings. The predicted molar refractivity (Wildman–Crippen MR) is 89.3 cm³/mol. The Balaban J connectivity index is 2.07. The highest BCUT2D eigenvalue weighted by Gasteiger charge is 2.23. The average molecular weight is 284 g/mol. The highest BCUT2D eigenvalue weighted by atomic mass is 15.2. The van der Waals surface area contributed by atoms with Crippen LogP contribution in [0.1, 0.15) is 53.9 Å². The Hall–Kier alpha value is -0.120. The zero-order valence-corrected chi connectivity index (χ0v) is 14.7. The Labute approximate surface area is 127 Å². The fourth-order valence-electron chi connectivity index (χ4n) is 2.69. The van der Waals surface area contributed by atoms with Crippen molar-refractivity contribution in [2.45, 2.75) is 65.5 Å². The van der Waals surface area contributed by atoms with Gasteiger partial charge in [0.1, 0.15) is 0 Å². The van der Waals surface area contributed by atoms with Crippen molar-refractivity contribution in [3.63, 3.8) is 0 Å². The number of nitrogens with zero attached hydrogens (tertiary/aromatic N) is 2. The van der Waals surface area contributed by atoms with E-state index in [1.165, 1.54) is 52.0 Å². The molecule has 0 spiro atoms. The Bertz CT molecular complexity index is 257. The van der Waals surface area contributed by atoms with Crippen LogP contribution in [0.4, 0.5) is 0 Å². The summed E-state index contributed by atoms with van der Waals surface area (Å²) in [5.41, 5.74) is 0.259. The highest BCUT2D eigenvalue weighted by molar-refractivity contribution is 4.80. The molecule has 1 rings (SSSR count). The Kier molecular flexibility index (Phi) is 7.49. The SMILES string of the molecule is CC(C)N(C)CCCCN1CCC(CNC(C)(C)C)C1. The van der Waals surface area contributed by atoms with E-state index in [2.05, 4.69) is 56.8 Å². The van der Waals surface area contributed by atoms with Gasteiger partial charge in [-0.1, -0.05) is 0 Å². The van der Waals surface area contributed by atoms with E-state index in [1.807, 2.05) is 0 Å². The largest absolute Gasteiger partial charge is 0.312 e. The van der Waals surface area contributed by atoms with Gasteiger partial charge in [-0.2, -0.15) is 0 Å². The van der Waals surface area contributed by atoms with E-state index < -0.39 is 0 Å². The third-order valence-corrected chi connectivity index (χ3v) is 4.41. The maximum Gasteiger partial charge on any atom is 0.00966 e. The lowest BCUT2D eigenvalue weighted by Crippen LogP contribution is -2.39. The Morgan fingerprint density at radius 3 is 2.55 bits per heavy atom. The summed E-state index contributed by atoms with van der Waals surface area (Å²) in [5.74, 6) is 0.854. The van der Waals surface area contributed by atoms with Crippen LogP contribution in [0.25, 0.3) is 0 Å². The van der Waals surface area contributed by atoms with Crippen LogP contribution < -0.4 is 5.32 Å². The second-order valence-corrected chi connectivity index (χ2v) is 7.87. The van der Waals surface area contributed by atoms with Crippen LogP contribution in [0.3, 0.4) is 0 Å². The maximum absolute atomic E-state index is 3.65. The highest BCUT2D eigenvalue weighted by Crippen LogP contribution is 2.17. The van der Waals surface area contributed by atoms with Gasteiger partial charge in [-0.3, -0.25) is 0 Å². The molecular formula is C17H37N3. The standard InChI is InChI=1S/C17H37N3/c1-15(2)19(6)10-7-8-11-20-12-9-16(14-20)13-18-17(3,4)5/h15-16,18H,7-14H2,1-6H3. The van der Waals surface area contributed by atoms with E-state index in [0.717, 1.165) is 5.92 Å². The molecule has 1 unspecified atom stereocenters. The molecule has 0 saturated carbocycles. The zero-order valence-electron chi connectivity index (χ0n) is 14.7. The summed E-state index contributed by atoms with van der Waals surface area (Å²) in [5, 5.41) is 3.65. The second kappa shape index (κ2) is 8.35. The van der Waals surface area contributed by atoms with Gasteiger partial charge in [0.15, 0.2) is 0 Å². The average Bonchev–Trinajstić information content (AvgIpc) is 2.79. The Morgan fingerprint density at radius 1 is 1.25 bits per heavy atom. The first-order chi connectivity index (χ1) is 9.28. The van der Waals surface area contributed by atoms with Crippen LogP contribution in [-0.2, 0) is 0 Å². The predicted octanol–water partition coefficient (Wildman–Crippen LogP) is 2.82. The van der Waals surface area contributed by atoms with Gasteiger partial charge in [0, 0.05) is 18.1 Å². The van der Waals surface area contributed by atoms with Crippen molar-refractivity contribution >= 4 is 0 Å². The monoisotopic (exact) mass is 283 g/mol. The third-order valence-electron chi connectivity index (χ3n) is 4.41. The molecular weight excluding hydrogens is 246 g/mol. The fourth-order valence-corrected chi connectivity index (χ4v) is 2.69.